The number of fused-ring (bicyclic) bond motifs is 1. The summed E-state index contributed by atoms with van der Waals surface area (Å²) in [6.07, 6.45) is 0. The maximum atomic E-state index is 4.40. The molecular weight excluding hydrogens is 302 g/mol. The number of anilines is 1. The van der Waals surface area contributed by atoms with Gasteiger partial charge in [-0.25, -0.2) is 4.98 Å². The van der Waals surface area contributed by atoms with E-state index in [2.05, 4.69) is 55.5 Å². The summed E-state index contributed by atoms with van der Waals surface area (Å²) in [5.74, 6) is 0.943. The van der Waals surface area contributed by atoms with E-state index in [0.717, 1.165) is 33.6 Å². The topological polar surface area (TPSA) is 40.7 Å². The molecule has 2 N–H and O–H groups in total. The van der Waals surface area contributed by atoms with E-state index in [4.69, 9.17) is 0 Å². The van der Waals surface area contributed by atoms with Gasteiger partial charge in [0.2, 0.25) is 0 Å². The SMILES string of the molecule is Cc1nc2ccc(NCc3ccccc3Br)cc2[nH]1. The zero-order valence-corrected chi connectivity index (χ0v) is 12.2. The number of benzene rings is 2. The first-order chi connectivity index (χ1) is 9.22. The Morgan fingerprint density at radius 1 is 1.21 bits per heavy atom. The number of H-pyrrole nitrogens is 1. The molecule has 96 valence electrons. The summed E-state index contributed by atoms with van der Waals surface area (Å²) >= 11 is 3.56. The minimum atomic E-state index is 0.792. The highest BCUT2D eigenvalue weighted by atomic mass is 79.9. The molecule has 19 heavy (non-hydrogen) atoms. The maximum absolute atomic E-state index is 4.40. The van der Waals surface area contributed by atoms with Crippen molar-refractivity contribution in [2.75, 3.05) is 5.32 Å². The van der Waals surface area contributed by atoms with Gasteiger partial charge in [0.1, 0.15) is 5.82 Å². The van der Waals surface area contributed by atoms with Crippen LogP contribution in [0.4, 0.5) is 5.69 Å². The van der Waals surface area contributed by atoms with Crippen LogP contribution in [0.1, 0.15) is 11.4 Å². The fourth-order valence-electron chi connectivity index (χ4n) is 2.09. The molecular formula is C15H14BrN3. The van der Waals surface area contributed by atoms with Crippen LogP contribution in [0.15, 0.2) is 46.9 Å². The fourth-order valence-corrected chi connectivity index (χ4v) is 2.51. The summed E-state index contributed by atoms with van der Waals surface area (Å²) < 4.78 is 1.13. The first kappa shape index (κ1) is 12.2. The Morgan fingerprint density at radius 2 is 2.05 bits per heavy atom. The van der Waals surface area contributed by atoms with Gasteiger partial charge < -0.3 is 10.3 Å². The quantitative estimate of drug-likeness (QED) is 0.758. The van der Waals surface area contributed by atoms with Crippen LogP contribution in [0.3, 0.4) is 0 Å². The molecule has 0 saturated carbocycles. The molecule has 0 fully saturated rings. The first-order valence-electron chi connectivity index (χ1n) is 6.16. The lowest BCUT2D eigenvalue weighted by atomic mass is 10.2. The number of aromatic amines is 1. The van der Waals surface area contributed by atoms with E-state index in [1.165, 1.54) is 5.56 Å². The third kappa shape index (κ3) is 2.63. The molecule has 0 spiro atoms. The molecule has 3 aromatic rings. The van der Waals surface area contributed by atoms with Crippen LogP contribution in [0.2, 0.25) is 0 Å². The van der Waals surface area contributed by atoms with Gasteiger partial charge in [0.05, 0.1) is 11.0 Å². The van der Waals surface area contributed by atoms with Crippen LogP contribution >= 0.6 is 15.9 Å². The molecule has 3 nitrogen and oxygen atoms in total. The normalized spacial score (nSPS) is 10.8. The Hall–Kier alpha value is -1.81. The molecule has 3 rings (SSSR count). The van der Waals surface area contributed by atoms with Crippen molar-refractivity contribution in [2.45, 2.75) is 13.5 Å². The highest BCUT2D eigenvalue weighted by Gasteiger charge is 2.02. The Kier molecular flexibility index (Phi) is 3.25. The van der Waals surface area contributed by atoms with Gasteiger partial charge >= 0.3 is 0 Å². The van der Waals surface area contributed by atoms with Gasteiger partial charge in [-0.1, -0.05) is 34.1 Å². The smallest absolute Gasteiger partial charge is 0.104 e. The van der Waals surface area contributed by atoms with Crippen LogP contribution in [0, 0.1) is 6.92 Å². The van der Waals surface area contributed by atoms with E-state index < -0.39 is 0 Å². The lowest BCUT2D eigenvalue weighted by Crippen LogP contribution is -1.99. The van der Waals surface area contributed by atoms with E-state index in [0.29, 0.717) is 0 Å². The molecule has 1 aromatic heterocycles. The number of hydrogen-bond acceptors (Lipinski definition) is 2. The first-order valence-corrected chi connectivity index (χ1v) is 6.95. The molecule has 0 bridgehead atoms. The van der Waals surface area contributed by atoms with Gasteiger partial charge in [-0.05, 0) is 36.8 Å². The average Bonchev–Trinajstić information content (AvgIpc) is 2.77. The highest BCUT2D eigenvalue weighted by molar-refractivity contribution is 9.10. The van der Waals surface area contributed by atoms with Crippen molar-refractivity contribution in [2.24, 2.45) is 0 Å². The third-order valence-corrected chi connectivity index (χ3v) is 3.81. The van der Waals surface area contributed by atoms with E-state index in [-0.39, 0.29) is 0 Å². The summed E-state index contributed by atoms with van der Waals surface area (Å²) in [5.41, 5.74) is 4.40. The van der Waals surface area contributed by atoms with Crippen molar-refractivity contribution in [1.82, 2.24) is 9.97 Å². The Balaban J connectivity index is 1.80. The number of aryl methyl sites for hydroxylation is 1. The van der Waals surface area contributed by atoms with Gasteiger partial charge in [-0.3, -0.25) is 0 Å². The Labute approximate surface area is 120 Å². The van der Waals surface area contributed by atoms with Gasteiger partial charge in [0, 0.05) is 16.7 Å². The molecule has 0 aliphatic rings. The number of imidazole rings is 1. The van der Waals surface area contributed by atoms with E-state index in [1.54, 1.807) is 0 Å². The van der Waals surface area contributed by atoms with Gasteiger partial charge in [0.25, 0.3) is 0 Å². The summed E-state index contributed by atoms with van der Waals surface area (Å²) in [6, 6.07) is 14.4. The molecule has 4 heteroatoms. The lowest BCUT2D eigenvalue weighted by molar-refractivity contribution is 1.14. The van der Waals surface area contributed by atoms with Crippen molar-refractivity contribution >= 4 is 32.7 Å². The molecule has 0 aliphatic carbocycles. The zero-order chi connectivity index (χ0) is 13.2. The predicted octanol–water partition coefficient (Wildman–Crippen LogP) is 4.25. The lowest BCUT2D eigenvalue weighted by Gasteiger charge is -2.08. The number of hydrogen-bond donors (Lipinski definition) is 2. The van der Waals surface area contributed by atoms with Crippen LogP contribution in [-0.2, 0) is 6.54 Å². The molecule has 0 amide bonds. The number of nitrogens with one attached hydrogen (secondary N) is 2. The van der Waals surface area contributed by atoms with Gasteiger partial charge in [0.15, 0.2) is 0 Å². The van der Waals surface area contributed by atoms with E-state index in [9.17, 15) is 0 Å². The highest BCUT2D eigenvalue weighted by Crippen LogP contribution is 2.20. The Bertz CT molecular complexity index is 718. The average molecular weight is 316 g/mol. The molecule has 1 heterocycles. The largest absolute Gasteiger partial charge is 0.381 e. The second kappa shape index (κ2) is 5.05. The fraction of sp³-hybridized carbons (Fsp3) is 0.133. The van der Waals surface area contributed by atoms with Crippen LogP contribution < -0.4 is 5.32 Å². The number of rotatable bonds is 3. The summed E-state index contributed by atoms with van der Waals surface area (Å²) in [6.45, 7) is 2.76. The van der Waals surface area contributed by atoms with Crippen LogP contribution in [0.25, 0.3) is 11.0 Å². The van der Waals surface area contributed by atoms with Crippen LogP contribution in [-0.4, -0.2) is 9.97 Å². The minimum Gasteiger partial charge on any atom is -0.381 e. The van der Waals surface area contributed by atoms with Gasteiger partial charge in [-0.2, -0.15) is 0 Å². The van der Waals surface area contributed by atoms with Gasteiger partial charge in [-0.15, -0.1) is 0 Å². The van der Waals surface area contributed by atoms with E-state index in [1.807, 2.05) is 25.1 Å². The number of halogens is 1. The summed E-state index contributed by atoms with van der Waals surface area (Å²) in [7, 11) is 0. The number of nitrogens with zero attached hydrogens (tertiary/aromatic N) is 1. The molecule has 0 radical (unpaired) electrons. The van der Waals surface area contributed by atoms with Crippen molar-refractivity contribution < 1.29 is 0 Å². The number of aromatic nitrogens is 2. The minimum absolute atomic E-state index is 0.792. The van der Waals surface area contributed by atoms with Crippen molar-refractivity contribution in [1.29, 1.82) is 0 Å². The molecule has 0 saturated heterocycles. The predicted molar refractivity (Wildman–Crippen MR) is 82.3 cm³/mol. The molecule has 0 atom stereocenters. The molecule has 0 aliphatic heterocycles. The third-order valence-electron chi connectivity index (χ3n) is 3.04. The molecule has 2 aromatic carbocycles. The van der Waals surface area contributed by atoms with Crippen molar-refractivity contribution in [3.05, 3.63) is 58.3 Å². The monoisotopic (exact) mass is 315 g/mol. The molecule has 0 unspecified atom stereocenters. The Morgan fingerprint density at radius 3 is 2.89 bits per heavy atom. The second-order valence-corrected chi connectivity index (χ2v) is 5.35. The summed E-state index contributed by atoms with van der Waals surface area (Å²) in [5, 5.41) is 3.43. The van der Waals surface area contributed by atoms with E-state index >= 15 is 0 Å². The second-order valence-electron chi connectivity index (χ2n) is 4.50. The van der Waals surface area contributed by atoms with Crippen molar-refractivity contribution in [3.63, 3.8) is 0 Å². The maximum Gasteiger partial charge on any atom is 0.104 e. The van der Waals surface area contributed by atoms with Crippen molar-refractivity contribution in [3.8, 4) is 0 Å². The zero-order valence-electron chi connectivity index (χ0n) is 10.6. The standard InChI is InChI=1S/C15H14BrN3/c1-10-18-14-7-6-12(8-15(14)19-10)17-9-11-4-2-3-5-13(11)16/h2-8,17H,9H2,1H3,(H,18,19). The summed E-state index contributed by atoms with van der Waals surface area (Å²) in [4.78, 5) is 7.64. The van der Waals surface area contributed by atoms with Crippen LogP contribution in [0.5, 0.6) is 0 Å².